The van der Waals surface area contributed by atoms with Gasteiger partial charge in [0, 0.05) is 24.3 Å². The number of anilines is 1. The third kappa shape index (κ3) is 3.23. The number of benzene rings is 1. The molecule has 98 valence electrons. The van der Waals surface area contributed by atoms with Gasteiger partial charge in [-0.1, -0.05) is 13.0 Å². The highest BCUT2D eigenvalue weighted by atomic mass is 16.1. The molecule has 18 heavy (non-hydrogen) atoms. The molecule has 2 rings (SSSR count). The van der Waals surface area contributed by atoms with Crippen molar-refractivity contribution in [2.24, 2.45) is 5.92 Å². The summed E-state index contributed by atoms with van der Waals surface area (Å²) in [7, 11) is 0. The summed E-state index contributed by atoms with van der Waals surface area (Å²) in [6.45, 7) is 6.26. The van der Waals surface area contributed by atoms with Crippen molar-refractivity contribution in [3.8, 4) is 0 Å². The number of nitrogens with two attached hydrogens (primary N) is 1. The van der Waals surface area contributed by atoms with Gasteiger partial charge in [0.05, 0.1) is 0 Å². The fourth-order valence-corrected chi connectivity index (χ4v) is 2.39. The van der Waals surface area contributed by atoms with Gasteiger partial charge in [0.2, 0.25) is 0 Å². The SMILES string of the molecule is CCN1CCC(CNC(=O)c2cccc(N)c2)C1. The zero-order valence-corrected chi connectivity index (χ0v) is 10.9. The van der Waals surface area contributed by atoms with E-state index in [1.165, 1.54) is 6.42 Å². The van der Waals surface area contributed by atoms with Crippen LogP contribution < -0.4 is 11.1 Å². The Morgan fingerprint density at radius 3 is 3.06 bits per heavy atom. The van der Waals surface area contributed by atoms with Gasteiger partial charge in [-0.25, -0.2) is 0 Å². The highest BCUT2D eigenvalue weighted by Gasteiger charge is 2.21. The third-order valence-corrected chi connectivity index (χ3v) is 3.52. The Kier molecular flexibility index (Phi) is 4.20. The maximum absolute atomic E-state index is 11.9. The minimum atomic E-state index is -0.0303. The van der Waals surface area contributed by atoms with Gasteiger partial charge in [-0.2, -0.15) is 0 Å². The van der Waals surface area contributed by atoms with Crippen LogP contribution in [0.2, 0.25) is 0 Å². The molecule has 0 bridgehead atoms. The van der Waals surface area contributed by atoms with E-state index in [1.54, 1.807) is 24.3 Å². The van der Waals surface area contributed by atoms with Crippen molar-refractivity contribution in [1.82, 2.24) is 10.2 Å². The summed E-state index contributed by atoms with van der Waals surface area (Å²) < 4.78 is 0. The predicted octanol–water partition coefficient (Wildman–Crippen LogP) is 1.34. The van der Waals surface area contributed by atoms with Crippen LogP contribution >= 0.6 is 0 Å². The summed E-state index contributed by atoms with van der Waals surface area (Å²) in [5.41, 5.74) is 6.93. The van der Waals surface area contributed by atoms with Gasteiger partial charge in [0.15, 0.2) is 0 Å². The summed E-state index contributed by atoms with van der Waals surface area (Å²) in [4.78, 5) is 14.3. The van der Waals surface area contributed by atoms with E-state index in [4.69, 9.17) is 5.73 Å². The molecular formula is C14H21N3O. The summed E-state index contributed by atoms with van der Waals surface area (Å²) >= 11 is 0. The van der Waals surface area contributed by atoms with Gasteiger partial charge in [-0.3, -0.25) is 4.79 Å². The van der Waals surface area contributed by atoms with Crippen molar-refractivity contribution in [3.63, 3.8) is 0 Å². The number of hydrogen-bond donors (Lipinski definition) is 2. The smallest absolute Gasteiger partial charge is 0.251 e. The van der Waals surface area contributed by atoms with Gasteiger partial charge >= 0.3 is 0 Å². The predicted molar refractivity (Wildman–Crippen MR) is 73.4 cm³/mol. The number of likely N-dealkylation sites (tertiary alicyclic amines) is 1. The molecule has 1 aromatic rings. The average Bonchev–Trinajstić information content (AvgIpc) is 2.84. The highest BCUT2D eigenvalue weighted by Crippen LogP contribution is 2.15. The van der Waals surface area contributed by atoms with E-state index in [0.29, 0.717) is 17.2 Å². The topological polar surface area (TPSA) is 58.4 Å². The maximum atomic E-state index is 11.9. The average molecular weight is 247 g/mol. The minimum absolute atomic E-state index is 0.0303. The second-order valence-electron chi connectivity index (χ2n) is 4.88. The van der Waals surface area contributed by atoms with Crippen LogP contribution in [0.1, 0.15) is 23.7 Å². The normalized spacial score (nSPS) is 19.9. The van der Waals surface area contributed by atoms with Crippen LogP contribution in [0, 0.1) is 5.92 Å². The van der Waals surface area contributed by atoms with Crippen molar-refractivity contribution < 1.29 is 4.79 Å². The standard InChI is InChI=1S/C14H21N3O/c1-2-17-7-6-11(10-17)9-16-14(18)12-4-3-5-13(15)8-12/h3-5,8,11H,2,6-7,9-10,15H2,1H3,(H,16,18). The molecule has 1 aliphatic heterocycles. The molecule has 1 amide bonds. The first kappa shape index (κ1) is 12.9. The molecule has 1 unspecified atom stereocenters. The van der Waals surface area contributed by atoms with Gasteiger partial charge in [-0.05, 0) is 43.6 Å². The Bertz CT molecular complexity index is 419. The number of carbonyl (C=O) groups is 1. The number of carbonyl (C=O) groups excluding carboxylic acids is 1. The van der Waals surface area contributed by atoms with Crippen LogP contribution in [-0.4, -0.2) is 37.0 Å². The molecule has 1 atom stereocenters. The quantitative estimate of drug-likeness (QED) is 0.789. The fourth-order valence-electron chi connectivity index (χ4n) is 2.39. The van der Waals surface area contributed by atoms with Gasteiger partial charge in [-0.15, -0.1) is 0 Å². The van der Waals surface area contributed by atoms with E-state index in [0.717, 1.165) is 26.2 Å². The molecule has 1 heterocycles. The molecule has 1 aliphatic rings. The van der Waals surface area contributed by atoms with E-state index in [9.17, 15) is 4.79 Å². The molecule has 0 aromatic heterocycles. The molecule has 1 saturated heterocycles. The number of nitrogen functional groups attached to an aromatic ring is 1. The molecule has 3 N–H and O–H groups in total. The molecule has 1 aromatic carbocycles. The number of hydrogen-bond acceptors (Lipinski definition) is 3. The molecule has 0 radical (unpaired) electrons. The molecule has 1 fully saturated rings. The zero-order valence-electron chi connectivity index (χ0n) is 10.9. The van der Waals surface area contributed by atoms with Gasteiger partial charge in [0.1, 0.15) is 0 Å². The molecular weight excluding hydrogens is 226 g/mol. The van der Waals surface area contributed by atoms with Crippen molar-refractivity contribution >= 4 is 11.6 Å². The van der Waals surface area contributed by atoms with E-state index < -0.39 is 0 Å². The third-order valence-electron chi connectivity index (χ3n) is 3.52. The number of rotatable bonds is 4. The lowest BCUT2D eigenvalue weighted by atomic mass is 10.1. The summed E-state index contributed by atoms with van der Waals surface area (Å²) in [5, 5.41) is 2.99. The first-order valence-corrected chi connectivity index (χ1v) is 6.55. The summed E-state index contributed by atoms with van der Waals surface area (Å²) in [6, 6.07) is 7.09. The monoisotopic (exact) mass is 247 g/mol. The first-order chi connectivity index (χ1) is 8.69. The van der Waals surface area contributed by atoms with Crippen LogP contribution in [0.25, 0.3) is 0 Å². The Morgan fingerprint density at radius 1 is 1.56 bits per heavy atom. The van der Waals surface area contributed by atoms with E-state index in [2.05, 4.69) is 17.1 Å². The highest BCUT2D eigenvalue weighted by molar-refractivity contribution is 5.94. The lowest BCUT2D eigenvalue weighted by Crippen LogP contribution is -2.31. The van der Waals surface area contributed by atoms with Crippen molar-refractivity contribution in [1.29, 1.82) is 0 Å². The van der Waals surface area contributed by atoms with Crippen LogP contribution in [0.3, 0.4) is 0 Å². The molecule has 0 saturated carbocycles. The Balaban J connectivity index is 1.82. The van der Waals surface area contributed by atoms with Gasteiger partial charge in [0.25, 0.3) is 5.91 Å². The second-order valence-corrected chi connectivity index (χ2v) is 4.88. The number of nitrogens with one attached hydrogen (secondary N) is 1. The minimum Gasteiger partial charge on any atom is -0.399 e. The van der Waals surface area contributed by atoms with Crippen molar-refractivity contribution in [3.05, 3.63) is 29.8 Å². The zero-order chi connectivity index (χ0) is 13.0. The Morgan fingerprint density at radius 2 is 2.39 bits per heavy atom. The van der Waals surface area contributed by atoms with Crippen molar-refractivity contribution in [2.45, 2.75) is 13.3 Å². The van der Waals surface area contributed by atoms with Crippen molar-refractivity contribution in [2.75, 3.05) is 31.9 Å². The largest absolute Gasteiger partial charge is 0.399 e. The lowest BCUT2D eigenvalue weighted by Gasteiger charge is -2.13. The Hall–Kier alpha value is -1.55. The summed E-state index contributed by atoms with van der Waals surface area (Å²) in [5.74, 6) is 0.548. The van der Waals surface area contributed by atoms with Gasteiger partial charge < -0.3 is 16.0 Å². The summed E-state index contributed by atoms with van der Waals surface area (Å²) in [6.07, 6.45) is 1.17. The molecule has 4 nitrogen and oxygen atoms in total. The van der Waals surface area contributed by atoms with E-state index in [1.807, 2.05) is 0 Å². The number of amides is 1. The molecule has 0 aliphatic carbocycles. The van der Waals surface area contributed by atoms with E-state index >= 15 is 0 Å². The first-order valence-electron chi connectivity index (χ1n) is 6.55. The second kappa shape index (κ2) is 5.87. The van der Waals surface area contributed by atoms with Crippen LogP contribution in [0.15, 0.2) is 24.3 Å². The Labute approximate surface area is 108 Å². The maximum Gasteiger partial charge on any atom is 0.251 e. The fraction of sp³-hybridized carbons (Fsp3) is 0.500. The molecule has 4 heteroatoms. The molecule has 0 spiro atoms. The van der Waals surface area contributed by atoms with E-state index in [-0.39, 0.29) is 5.91 Å². The number of nitrogens with zero attached hydrogens (tertiary/aromatic N) is 1. The van der Waals surface area contributed by atoms with Crippen LogP contribution in [0.4, 0.5) is 5.69 Å². The lowest BCUT2D eigenvalue weighted by molar-refractivity contribution is 0.0947. The van der Waals surface area contributed by atoms with Crippen LogP contribution in [-0.2, 0) is 0 Å². The van der Waals surface area contributed by atoms with Crippen LogP contribution in [0.5, 0.6) is 0 Å².